The maximum Gasteiger partial charge on any atom is 0.367 e. The zero-order valence-corrected chi connectivity index (χ0v) is 13.0. The number of oxime groups is 1. The maximum atomic E-state index is 11.5. The van der Waals surface area contributed by atoms with Gasteiger partial charge in [-0.2, -0.15) is 0 Å². The molecule has 0 radical (unpaired) electrons. The number of carbonyl (C=O) groups is 1. The normalized spacial score (nSPS) is 16.1. The Morgan fingerprint density at radius 2 is 2.20 bits per heavy atom. The van der Waals surface area contributed by atoms with Gasteiger partial charge in [0.1, 0.15) is 0 Å². The Labute approximate surface area is 125 Å². The molecule has 1 aliphatic heterocycles. The second-order valence-corrected chi connectivity index (χ2v) is 4.93. The summed E-state index contributed by atoms with van der Waals surface area (Å²) in [5.74, 6) is 0.775. The first-order valence-electron chi connectivity index (χ1n) is 6.05. The molecule has 0 aliphatic carbocycles. The first-order valence-corrected chi connectivity index (χ1v) is 6.84. The highest BCUT2D eigenvalue weighted by Gasteiger charge is 2.22. The summed E-state index contributed by atoms with van der Waals surface area (Å²) in [5.41, 5.74) is 1.78. The van der Waals surface area contributed by atoms with Crippen LogP contribution in [0.3, 0.4) is 0 Å². The van der Waals surface area contributed by atoms with Gasteiger partial charge < -0.3 is 14.3 Å². The van der Waals surface area contributed by atoms with Crippen LogP contribution in [-0.2, 0) is 9.63 Å². The third-order valence-corrected chi connectivity index (χ3v) is 3.32. The Hall–Kier alpha value is -1.82. The molecule has 0 N–H and O–H groups in total. The van der Waals surface area contributed by atoms with Crippen LogP contribution in [0.25, 0.3) is 6.08 Å². The largest absolute Gasteiger partial charge is 0.493 e. The van der Waals surface area contributed by atoms with Crippen LogP contribution in [0.15, 0.2) is 27.3 Å². The second-order valence-electron chi connectivity index (χ2n) is 4.08. The van der Waals surface area contributed by atoms with Gasteiger partial charge in [-0.25, -0.2) is 4.79 Å². The monoisotopic (exact) mass is 339 g/mol. The van der Waals surface area contributed by atoms with E-state index in [9.17, 15) is 4.79 Å². The molecule has 0 saturated heterocycles. The van der Waals surface area contributed by atoms with E-state index in [2.05, 4.69) is 25.9 Å². The molecule has 106 valence electrons. The average molecular weight is 340 g/mol. The smallest absolute Gasteiger partial charge is 0.367 e. The number of ether oxygens (including phenoxy) is 2. The zero-order chi connectivity index (χ0) is 14.7. The van der Waals surface area contributed by atoms with Crippen molar-refractivity contribution in [3.05, 3.63) is 27.7 Å². The Morgan fingerprint density at radius 3 is 2.75 bits per heavy atom. The van der Waals surface area contributed by atoms with Crippen molar-refractivity contribution >= 4 is 33.7 Å². The van der Waals surface area contributed by atoms with Crippen molar-refractivity contribution in [2.24, 2.45) is 5.16 Å². The fourth-order valence-electron chi connectivity index (χ4n) is 1.79. The number of carbonyl (C=O) groups excluding carboxylic acids is 1. The van der Waals surface area contributed by atoms with Crippen molar-refractivity contribution in [3.63, 3.8) is 0 Å². The summed E-state index contributed by atoms with van der Waals surface area (Å²) in [5, 5.41) is 3.64. The van der Waals surface area contributed by atoms with Gasteiger partial charge in [0.05, 0.1) is 29.5 Å². The lowest BCUT2D eigenvalue weighted by molar-refractivity contribution is -0.136. The number of hydrogen-bond acceptors (Lipinski definition) is 5. The molecule has 0 bridgehead atoms. The van der Waals surface area contributed by atoms with E-state index in [0.717, 1.165) is 10.0 Å². The predicted molar refractivity (Wildman–Crippen MR) is 79.0 cm³/mol. The Bertz CT molecular complexity index is 607. The molecule has 20 heavy (non-hydrogen) atoms. The van der Waals surface area contributed by atoms with Gasteiger partial charge in [0.25, 0.3) is 0 Å². The van der Waals surface area contributed by atoms with E-state index in [-0.39, 0.29) is 0 Å². The lowest BCUT2D eigenvalue weighted by Gasteiger charge is -2.12. The Kier molecular flexibility index (Phi) is 4.44. The van der Waals surface area contributed by atoms with Crippen molar-refractivity contribution in [2.45, 2.75) is 13.8 Å². The SMILES string of the molecule is CCOc1c(Br)cc(/C=C2\C(=O)ON=C2C)cc1OC. The predicted octanol–water partition coefficient (Wildman–Crippen LogP) is 3.17. The summed E-state index contributed by atoms with van der Waals surface area (Å²) in [6.45, 7) is 4.15. The number of methoxy groups -OCH3 is 1. The molecule has 0 unspecified atom stereocenters. The van der Waals surface area contributed by atoms with Crippen molar-refractivity contribution in [2.75, 3.05) is 13.7 Å². The summed E-state index contributed by atoms with van der Waals surface area (Å²) in [6.07, 6.45) is 1.71. The lowest BCUT2D eigenvalue weighted by atomic mass is 10.1. The molecule has 1 heterocycles. The molecule has 1 aliphatic rings. The molecule has 5 nitrogen and oxygen atoms in total. The summed E-state index contributed by atoms with van der Waals surface area (Å²) < 4.78 is 11.6. The molecule has 0 saturated carbocycles. The second kappa shape index (κ2) is 6.09. The first kappa shape index (κ1) is 14.6. The van der Waals surface area contributed by atoms with Crippen LogP contribution in [0.4, 0.5) is 0 Å². The van der Waals surface area contributed by atoms with Gasteiger partial charge in [-0.05, 0) is 53.5 Å². The molecular weight excluding hydrogens is 326 g/mol. The van der Waals surface area contributed by atoms with Gasteiger partial charge in [0.15, 0.2) is 11.5 Å². The fourth-order valence-corrected chi connectivity index (χ4v) is 2.37. The topological polar surface area (TPSA) is 57.1 Å². The fraction of sp³-hybridized carbons (Fsp3) is 0.286. The maximum absolute atomic E-state index is 11.5. The van der Waals surface area contributed by atoms with E-state index >= 15 is 0 Å². The molecule has 6 heteroatoms. The third-order valence-electron chi connectivity index (χ3n) is 2.73. The van der Waals surface area contributed by atoms with Gasteiger partial charge in [-0.3, -0.25) is 0 Å². The van der Waals surface area contributed by atoms with Crippen molar-refractivity contribution in [1.82, 2.24) is 0 Å². The molecule has 2 rings (SSSR count). The van der Waals surface area contributed by atoms with E-state index in [1.54, 1.807) is 26.2 Å². The van der Waals surface area contributed by atoms with E-state index in [1.807, 2.05) is 13.0 Å². The molecule has 0 fully saturated rings. The third kappa shape index (κ3) is 2.85. The molecule has 0 atom stereocenters. The van der Waals surface area contributed by atoms with E-state index < -0.39 is 5.97 Å². The van der Waals surface area contributed by atoms with Crippen LogP contribution in [0.1, 0.15) is 19.4 Å². The highest BCUT2D eigenvalue weighted by molar-refractivity contribution is 9.10. The summed E-state index contributed by atoms with van der Waals surface area (Å²) in [7, 11) is 1.57. The molecule has 0 aromatic heterocycles. The van der Waals surface area contributed by atoms with E-state index in [1.165, 1.54) is 0 Å². The first-order chi connectivity index (χ1) is 9.56. The van der Waals surface area contributed by atoms with Crippen LogP contribution in [0, 0.1) is 0 Å². The number of halogens is 1. The van der Waals surface area contributed by atoms with Gasteiger partial charge in [-0.1, -0.05) is 5.16 Å². The molecule has 0 spiro atoms. The summed E-state index contributed by atoms with van der Waals surface area (Å²) >= 11 is 3.44. The van der Waals surface area contributed by atoms with Gasteiger partial charge in [0, 0.05) is 0 Å². The van der Waals surface area contributed by atoms with Gasteiger partial charge in [-0.15, -0.1) is 0 Å². The molecular formula is C14H14BrNO4. The minimum Gasteiger partial charge on any atom is -0.493 e. The number of rotatable bonds is 4. The van der Waals surface area contributed by atoms with Crippen molar-refractivity contribution in [3.8, 4) is 11.5 Å². The average Bonchev–Trinajstić information content (AvgIpc) is 2.73. The van der Waals surface area contributed by atoms with Gasteiger partial charge in [0.2, 0.25) is 0 Å². The zero-order valence-electron chi connectivity index (χ0n) is 11.4. The van der Waals surface area contributed by atoms with Crippen molar-refractivity contribution < 1.29 is 19.1 Å². The van der Waals surface area contributed by atoms with E-state index in [4.69, 9.17) is 9.47 Å². The lowest BCUT2D eigenvalue weighted by Crippen LogP contribution is -2.02. The Balaban J connectivity index is 2.44. The number of nitrogens with zero attached hydrogens (tertiary/aromatic N) is 1. The highest BCUT2D eigenvalue weighted by Crippen LogP contribution is 2.37. The standard InChI is InChI=1S/C14H14BrNO4/c1-4-19-13-11(15)6-9(7-12(13)18-3)5-10-8(2)16-20-14(10)17/h5-7H,4H2,1-3H3/b10-5-. The molecule has 0 amide bonds. The highest BCUT2D eigenvalue weighted by atomic mass is 79.9. The van der Waals surface area contributed by atoms with Crippen LogP contribution in [0.2, 0.25) is 0 Å². The van der Waals surface area contributed by atoms with Crippen LogP contribution in [-0.4, -0.2) is 25.4 Å². The minimum absolute atomic E-state index is 0.433. The van der Waals surface area contributed by atoms with Gasteiger partial charge >= 0.3 is 5.97 Å². The quantitative estimate of drug-likeness (QED) is 0.624. The number of hydrogen-bond donors (Lipinski definition) is 0. The van der Waals surface area contributed by atoms with Crippen LogP contribution >= 0.6 is 15.9 Å². The Morgan fingerprint density at radius 1 is 1.45 bits per heavy atom. The van der Waals surface area contributed by atoms with Crippen LogP contribution in [0.5, 0.6) is 11.5 Å². The molecule has 1 aromatic carbocycles. The summed E-state index contributed by atoms with van der Waals surface area (Å²) in [4.78, 5) is 16.1. The minimum atomic E-state index is -0.452. The number of benzene rings is 1. The summed E-state index contributed by atoms with van der Waals surface area (Å²) in [6, 6.07) is 3.64. The van der Waals surface area contributed by atoms with Crippen LogP contribution < -0.4 is 9.47 Å². The molecule has 1 aromatic rings. The van der Waals surface area contributed by atoms with Crippen molar-refractivity contribution in [1.29, 1.82) is 0 Å². The van der Waals surface area contributed by atoms with E-state index in [0.29, 0.717) is 29.4 Å².